The van der Waals surface area contributed by atoms with Crippen molar-refractivity contribution in [2.45, 2.75) is 27.2 Å². The Hall–Kier alpha value is -2.20. The number of rotatable bonds is 2. The third-order valence-corrected chi connectivity index (χ3v) is 2.95. The maximum absolute atomic E-state index is 10.3. The molecule has 0 saturated heterocycles. The number of hydrogen-bond acceptors (Lipinski definition) is 3. The van der Waals surface area contributed by atoms with Gasteiger partial charge in [-0.15, -0.1) is 0 Å². The van der Waals surface area contributed by atoms with Gasteiger partial charge >= 0.3 is 0 Å². The SMILES string of the molecule is CCc1ccccc1.CN(C)C.Cc1ccc([N+](=O)[O-])cc1C. The molecule has 2 rings (SSSR count). The van der Waals surface area contributed by atoms with Crippen molar-refractivity contribution in [2.24, 2.45) is 0 Å². The van der Waals surface area contributed by atoms with E-state index in [4.69, 9.17) is 0 Å². The smallest absolute Gasteiger partial charge is 0.269 e. The quantitative estimate of drug-likeness (QED) is 0.599. The van der Waals surface area contributed by atoms with Gasteiger partial charge in [0, 0.05) is 12.1 Å². The van der Waals surface area contributed by atoms with Crippen molar-refractivity contribution in [3.8, 4) is 0 Å². The van der Waals surface area contributed by atoms with Crippen LogP contribution < -0.4 is 0 Å². The summed E-state index contributed by atoms with van der Waals surface area (Å²) >= 11 is 0. The van der Waals surface area contributed by atoms with Gasteiger partial charge in [-0.1, -0.05) is 43.3 Å². The highest BCUT2D eigenvalue weighted by Crippen LogP contribution is 2.15. The average molecular weight is 316 g/mol. The lowest BCUT2D eigenvalue weighted by Gasteiger charge is -1.97. The molecule has 0 N–H and O–H groups in total. The first-order valence-electron chi connectivity index (χ1n) is 7.64. The highest BCUT2D eigenvalue weighted by molar-refractivity contribution is 5.38. The van der Waals surface area contributed by atoms with E-state index in [2.05, 4.69) is 31.2 Å². The zero-order chi connectivity index (χ0) is 17.8. The van der Waals surface area contributed by atoms with Crippen LogP contribution in [-0.4, -0.2) is 31.0 Å². The van der Waals surface area contributed by atoms with Crippen molar-refractivity contribution in [1.29, 1.82) is 0 Å². The van der Waals surface area contributed by atoms with Crippen LogP contribution in [0.1, 0.15) is 23.6 Å². The summed E-state index contributed by atoms with van der Waals surface area (Å²) in [6, 6.07) is 15.3. The summed E-state index contributed by atoms with van der Waals surface area (Å²) < 4.78 is 0. The van der Waals surface area contributed by atoms with Gasteiger partial charge in [-0.25, -0.2) is 0 Å². The third kappa shape index (κ3) is 10.2. The maximum Gasteiger partial charge on any atom is 0.269 e. The van der Waals surface area contributed by atoms with Crippen LogP contribution in [-0.2, 0) is 6.42 Å². The first kappa shape index (κ1) is 20.8. The summed E-state index contributed by atoms with van der Waals surface area (Å²) in [5.41, 5.74) is 3.61. The van der Waals surface area contributed by atoms with Gasteiger partial charge in [0.05, 0.1) is 4.92 Å². The Balaban J connectivity index is 0.000000354. The number of nitro benzene ring substituents is 1. The summed E-state index contributed by atoms with van der Waals surface area (Å²) in [6.07, 6.45) is 1.14. The molecular weight excluding hydrogens is 288 g/mol. The van der Waals surface area contributed by atoms with E-state index in [-0.39, 0.29) is 10.6 Å². The monoisotopic (exact) mass is 316 g/mol. The predicted molar refractivity (Wildman–Crippen MR) is 98.0 cm³/mol. The zero-order valence-corrected chi connectivity index (χ0v) is 15.0. The van der Waals surface area contributed by atoms with Crippen LogP contribution in [0.25, 0.3) is 0 Å². The first-order valence-corrected chi connectivity index (χ1v) is 7.64. The number of non-ortho nitro benzene ring substituents is 1. The Morgan fingerprint density at radius 1 is 0.957 bits per heavy atom. The van der Waals surface area contributed by atoms with Crippen molar-refractivity contribution in [1.82, 2.24) is 4.90 Å². The molecule has 0 radical (unpaired) electrons. The van der Waals surface area contributed by atoms with Crippen LogP contribution in [0.4, 0.5) is 5.69 Å². The highest BCUT2D eigenvalue weighted by Gasteiger charge is 2.04. The Morgan fingerprint density at radius 3 is 1.83 bits per heavy atom. The topological polar surface area (TPSA) is 46.4 Å². The van der Waals surface area contributed by atoms with E-state index in [0.29, 0.717) is 0 Å². The van der Waals surface area contributed by atoms with Crippen molar-refractivity contribution in [3.05, 3.63) is 75.3 Å². The van der Waals surface area contributed by atoms with Crippen molar-refractivity contribution >= 4 is 5.69 Å². The van der Waals surface area contributed by atoms with Gasteiger partial charge < -0.3 is 4.90 Å². The van der Waals surface area contributed by atoms with Crippen LogP contribution in [0.15, 0.2) is 48.5 Å². The number of nitro groups is 1. The number of hydrogen-bond donors (Lipinski definition) is 0. The van der Waals surface area contributed by atoms with E-state index in [1.807, 2.05) is 46.0 Å². The first-order chi connectivity index (χ1) is 10.8. The summed E-state index contributed by atoms with van der Waals surface area (Å²) in [5, 5.41) is 10.3. The molecule has 0 aromatic heterocycles. The molecule has 0 heterocycles. The zero-order valence-electron chi connectivity index (χ0n) is 15.0. The molecule has 0 saturated carbocycles. The Bertz CT molecular complexity index is 578. The number of nitrogens with zero attached hydrogens (tertiary/aromatic N) is 2. The Labute approximate surface area is 139 Å². The molecule has 0 aliphatic rings. The fraction of sp³-hybridized carbons (Fsp3) is 0.368. The molecule has 0 amide bonds. The van der Waals surface area contributed by atoms with E-state index >= 15 is 0 Å². The van der Waals surface area contributed by atoms with Crippen molar-refractivity contribution < 1.29 is 4.92 Å². The van der Waals surface area contributed by atoms with E-state index in [9.17, 15) is 10.1 Å². The highest BCUT2D eigenvalue weighted by atomic mass is 16.6. The number of benzene rings is 2. The minimum Gasteiger partial charge on any atom is -0.312 e. The largest absolute Gasteiger partial charge is 0.312 e. The molecule has 0 aliphatic carbocycles. The molecule has 0 spiro atoms. The Kier molecular flexibility index (Phi) is 10.3. The normalized spacial score (nSPS) is 9.35. The predicted octanol–water partition coefficient (Wildman–Crippen LogP) is 4.64. The second-order valence-electron chi connectivity index (χ2n) is 5.71. The minimum atomic E-state index is -0.382. The van der Waals surface area contributed by atoms with E-state index in [1.54, 1.807) is 12.1 Å². The summed E-state index contributed by atoms with van der Waals surface area (Å²) in [4.78, 5) is 11.9. The molecule has 2 aromatic rings. The van der Waals surface area contributed by atoms with Crippen LogP contribution in [0.2, 0.25) is 0 Å². The van der Waals surface area contributed by atoms with Gasteiger partial charge in [0.2, 0.25) is 0 Å². The van der Waals surface area contributed by atoms with Gasteiger partial charge in [-0.2, -0.15) is 0 Å². The lowest BCUT2D eigenvalue weighted by atomic mass is 10.1. The van der Waals surface area contributed by atoms with Crippen LogP contribution in [0, 0.1) is 24.0 Å². The van der Waals surface area contributed by atoms with Gasteiger partial charge in [-0.05, 0) is 58.1 Å². The molecule has 0 bridgehead atoms. The van der Waals surface area contributed by atoms with E-state index in [0.717, 1.165) is 17.5 Å². The summed E-state index contributed by atoms with van der Waals surface area (Å²) in [5.74, 6) is 0. The third-order valence-electron chi connectivity index (χ3n) is 2.95. The molecule has 0 unspecified atom stereocenters. The number of aryl methyl sites for hydroxylation is 3. The second-order valence-corrected chi connectivity index (χ2v) is 5.71. The van der Waals surface area contributed by atoms with Crippen LogP contribution >= 0.6 is 0 Å². The van der Waals surface area contributed by atoms with Crippen LogP contribution in [0.3, 0.4) is 0 Å². The molecule has 23 heavy (non-hydrogen) atoms. The van der Waals surface area contributed by atoms with E-state index in [1.165, 1.54) is 11.6 Å². The van der Waals surface area contributed by atoms with Crippen molar-refractivity contribution in [2.75, 3.05) is 21.1 Å². The average Bonchev–Trinajstić information content (AvgIpc) is 2.51. The van der Waals surface area contributed by atoms with Gasteiger partial charge in [0.15, 0.2) is 0 Å². The summed E-state index contributed by atoms with van der Waals surface area (Å²) in [7, 11) is 6.00. The standard InChI is InChI=1S/C8H9NO2.C8H10.C3H9N/c1-6-3-4-8(9(10)11)5-7(6)2;1-2-8-6-4-3-5-7-8;1-4(2)3/h3-5H,1-2H3;3-7H,2H2,1H3;1-3H3. The Morgan fingerprint density at radius 2 is 1.48 bits per heavy atom. The molecule has 0 atom stereocenters. The van der Waals surface area contributed by atoms with Crippen LogP contribution in [0.5, 0.6) is 0 Å². The molecule has 4 heteroatoms. The fourth-order valence-corrected chi connectivity index (χ4v) is 1.55. The van der Waals surface area contributed by atoms with Gasteiger partial charge in [-0.3, -0.25) is 10.1 Å². The lowest BCUT2D eigenvalue weighted by molar-refractivity contribution is -0.384. The molecule has 2 aromatic carbocycles. The lowest BCUT2D eigenvalue weighted by Crippen LogP contribution is -1.99. The van der Waals surface area contributed by atoms with Crippen molar-refractivity contribution in [3.63, 3.8) is 0 Å². The van der Waals surface area contributed by atoms with Gasteiger partial charge in [0.25, 0.3) is 5.69 Å². The second kappa shape index (κ2) is 11.4. The summed E-state index contributed by atoms with van der Waals surface area (Å²) in [6.45, 7) is 5.96. The molecule has 4 nitrogen and oxygen atoms in total. The maximum atomic E-state index is 10.3. The molecule has 126 valence electrons. The molecular formula is C19H28N2O2. The minimum absolute atomic E-state index is 0.160. The molecule has 0 aliphatic heterocycles. The fourth-order valence-electron chi connectivity index (χ4n) is 1.55. The molecule has 0 fully saturated rings. The van der Waals surface area contributed by atoms with E-state index < -0.39 is 0 Å². The van der Waals surface area contributed by atoms with Gasteiger partial charge in [0.1, 0.15) is 0 Å².